The van der Waals surface area contributed by atoms with Crippen LogP contribution in [0.2, 0.25) is 0 Å². The fraction of sp³-hybridized carbons (Fsp3) is 0.429. The number of pyridine rings is 1. The lowest BCUT2D eigenvalue weighted by atomic mass is 10.0. The van der Waals surface area contributed by atoms with Crippen molar-refractivity contribution in [3.63, 3.8) is 0 Å². The Kier molecular flexibility index (Phi) is 6.29. The highest BCUT2D eigenvalue weighted by Gasteiger charge is 2.29. The van der Waals surface area contributed by atoms with Crippen LogP contribution in [-0.4, -0.2) is 36.3 Å². The zero-order chi connectivity index (χ0) is 19.1. The van der Waals surface area contributed by atoms with Crippen LogP contribution in [0.5, 0.6) is 0 Å². The standard InChI is InChI=1S/C21H28N4O2/c1-21(11-5-13-27-21)16-24-20(22-2)23-14-17-7-9-18(10-8-17)15-25-12-4-3-6-19(25)26/h3-4,6-10,12H,5,11,13-16H2,1-2H3,(H2,22,23,24). The summed E-state index contributed by atoms with van der Waals surface area (Å²) in [7, 11) is 1.77. The second kappa shape index (κ2) is 8.86. The van der Waals surface area contributed by atoms with E-state index in [1.54, 1.807) is 23.7 Å². The molecule has 6 nitrogen and oxygen atoms in total. The highest BCUT2D eigenvalue weighted by molar-refractivity contribution is 5.79. The third-order valence-electron chi connectivity index (χ3n) is 4.89. The van der Waals surface area contributed by atoms with Gasteiger partial charge >= 0.3 is 0 Å². The van der Waals surface area contributed by atoms with Crippen LogP contribution in [0, 0.1) is 0 Å². The maximum absolute atomic E-state index is 11.8. The summed E-state index contributed by atoms with van der Waals surface area (Å²) in [6.45, 7) is 4.98. The van der Waals surface area contributed by atoms with E-state index in [0.717, 1.165) is 43.1 Å². The van der Waals surface area contributed by atoms with Crippen LogP contribution in [0.25, 0.3) is 0 Å². The monoisotopic (exact) mass is 368 g/mol. The largest absolute Gasteiger partial charge is 0.373 e. The Morgan fingerprint density at radius 3 is 2.63 bits per heavy atom. The molecule has 2 aromatic rings. The number of aromatic nitrogens is 1. The molecule has 1 aliphatic rings. The maximum atomic E-state index is 11.8. The number of hydrogen-bond acceptors (Lipinski definition) is 3. The molecule has 0 saturated carbocycles. The Morgan fingerprint density at radius 1 is 1.19 bits per heavy atom. The molecular formula is C21H28N4O2. The minimum Gasteiger partial charge on any atom is -0.373 e. The first-order valence-corrected chi connectivity index (χ1v) is 9.40. The average Bonchev–Trinajstić information content (AvgIpc) is 3.12. The molecule has 144 valence electrons. The molecule has 2 N–H and O–H groups in total. The van der Waals surface area contributed by atoms with E-state index in [9.17, 15) is 4.79 Å². The molecule has 1 fully saturated rings. The lowest BCUT2D eigenvalue weighted by Gasteiger charge is -2.24. The predicted molar refractivity (Wildman–Crippen MR) is 108 cm³/mol. The van der Waals surface area contributed by atoms with Crippen LogP contribution < -0.4 is 16.2 Å². The van der Waals surface area contributed by atoms with E-state index < -0.39 is 0 Å². The fourth-order valence-corrected chi connectivity index (χ4v) is 3.20. The Balaban J connectivity index is 1.50. The fourth-order valence-electron chi connectivity index (χ4n) is 3.20. The summed E-state index contributed by atoms with van der Waals surface area (Å²) in [5.41, 5.74) is 2.17. The van der Waals surface area contributed by atoms with Crippen molar-refractivity contribution in [1.29, 1.82) is 0 Å². The quantitative estimate of drug-likeness (QED) is 0.605. The lowest BCUT2D eigenvalue weighted by Crippen LogP contribution is -2.45. The van der Waals surface area contributed by atoms with E-state index in [4.69, 9.17) is 4.74 Å². The molecule has 0 spiro atoms. The van der Waals surface area contributed by atoms with E-state index in [1.165, 1.54) is 0 Å². The predicted octanol–water partition coefficient (Wildman–Crippen LogP) is 2.13. The molecule has 0 amide bonds. The van der Waals surface area contributed by atoms with Gasteiger partial charge in [0.05, 0.1) is 12.1 Å². The van der Waals surface area contributed by atoms with Gasteiger partial charge in [-0.05, 0) is 37.0 Å². The van der Waals surface area contributed by atoms with Gasteiger partial charge in [-0.15, -0.1) is 0 Å². The lowest BCUT2D eigenvalue weighted by molar-refractivity contribution is 0.0243. The van der Waals surface area contributed by atoms with Crippen LogP contribution >= 0.6 is 0 Å². The number of nitrogens with one attached hydrogen (secondary N) is 2. The topological polar surface area (TPSA) is 67.7 Å². The summed E-state index contributed by atoms with van der Waals surface area (Å²) in [5.74, 6) is 0.770. The van der Waals surface area contributed by atoms with E-state index in [2.05, 4.69) is 46.8 Å². The summed E-state index contributed by atoms with van der Waals surface area (Å²) < 4.78 is 7.50. The van der Waals surface area contributed by atoms with Crippen LogP contribution in [0.4, 0.5) is 0 Å². The minimum absolute atomic E-state index is 0.0121. The van der Waals surface area contributed by atoms with Gasteiger partial charge in [-0.25, -0.2) is 0 Å². The molecule has 1 aromatic carbocycles. The molecular weight excluding hydrogens is 340 g/mol. The van der Waals surface area contributed by atoms with Crippen molar-refractivity contribution in [1.82, 2.24) is 15.2 Å². The Hall–Kier alpha value is -2.60. The molecule has 1 saturated heterocycles. The van der Waals surface area contributed by atoms with Crippen LogP contribution in [0.15, 0.2) is 58.4 Å². The van der Waals surface area contributed by atoms with E-state index in [-0.39, 0.29) is 11.2 Å². The molecule has 0 radical (unpaired) electrons. The second-order valence-electron chi connectivity index (χ2n) is 7.16. The van der Waals surface area contributed by atoms with E-state index >= 15 is 0 Å². The van der Waals surface area contributed by atoms with Gasteiger partial charge in [-0.1, -0.05) is 30.3 Å². The number of benzene rings is 1. The normalized spacial score (nSPS) is 19.9. The number of guanidine groups is 1. The molecule has 3 rings (SSSR count). The van der Waals surface area contributed by atoms with Crippen LogP contribution in [0.3, 0.4) is 0 Å². The van der Waals surface area contributed by atoms with Gasteiger partial charge in [0.25, 0.3) is 5.56 Å². The Morgan fingerprint density at radius 2 is 1.96 bits per heavy atom. The summed E-state index contributed by atoms with van der Waals surface area (Å²) in [6.07, 6.45) is 4.00. The third-order valence-corrected chi connectivity index (χ3v) is 4.89. The molecule has 1 aliphatic heterocycles. The van der Waals surface area contributed by atoms with Gasteiger partial charge in [-0.2, -0.15) is 0 Å². The van der Waals surface area contributed by atoms with Crippen molar-refractivity contribution in [3.05, 3.63) is 70.1 Å². The molecule has 27 heavy (non-hydrogen) atoms. The average molecular weight is 368 g/mol. The van der Waals surface area contributed by atoms with Gasteiger partial charge in [0.2, 0.25) is 0 Å². The SMILES string of the molecule is CN=C(NCc1ccc(Cn2ccccc2=O)cc1)NCC1(C)CCCO1. The maximum Gasteiger partial charge on any atom is 0.250 e. The van der Waals surface area contributed by atoms with Gasteiger partial charge in [0.15, 0.2) is 5.96 Å². The number of aliphatic imine (C=N–C) groups is 1. The highest BCUT2D eigenvalue weighted by Crippen LogP contribution is 2.23. The van der Waals surface area contributed by atoms with E-state index in [1.807, 2.05) is 12.3 Å². The van der Waals surface area contributed by atoms with Crippen molar-refractivity contribution in [2.45, 2.75) is 38.5 Å². The molecule has 1 unspecified atom stereocenters. The minimum atomic E-state index is -0.102. The van der Waals surface area contributed by atoms with Gasteiger partial charge in [0, 0.05) is 39.0 Å². The van der Waals surface area contributed by atoms with Gasteiger partial charge in [0.1, 0.15) is 0 Å². The van der Waals surface area contributed by atoms with Gasteiger partial charge in [-0.3, -0.25) is 9.79 Å². The van der Waals surface area contributed by atoms with Crippen LogP contribution in [-0.2, 0) is 17.8 Å². The Labute approximate surface area is 160 Å². The first kappa shape index (κ1) is 19.2. The number of hydrogen-bond donors (Lipinski definition) is 2. The number of rotatable bonds is 6. The summed E-state index contributed by atoms with van der Waals surface area (Å²) >= 11 is 0. The van der Waals surface area contributed by atoms with Crippen molar-refractivity contribution in [2.24, 2.45) is 4.99 Å². The summed E-state index contributed by atoms with van der Waals surface area (Å²) in [5, 5.41) is 6.68. The molecule has 6 heteroatoms. The summed E-state index contributed by atoms with van der Waals surface area (Å²) in [4.78, 5) is 16.1. The van der Waals surface area contributed by atoms with Crippen LogP contribution in [0.1, 0.15) is 30.9 Å². The first-order valence-electron chi connectivity index (χ1n) is 9.40. The molecule has 0 bridgehead atoms. The second-order valence-corrected chi connectivity index (χ2v) is 7.16. The van der Waals surface area contributed by atoms with Gasteiger partial charge < -0.3 is 19.9 Å². The highest BCUT2D eigenvalue weighted by atomic mass is 16.5. The number of ether oxygens (including phenoxy) is 1. The van der Waals surface area contributed by atoms with Crippen molar-refractivity contribution in [2.75, 3.05) is 20.2 Å². The first-order chi connectivity index (χ1) is 13.1. The van der Waals surface area contributed by atoms with Crippen molar-refractivity contribution >= 4 is 5.96 Å². The number of nitrogens with zero attached hydrogens (tertiary/aromatic N) is 2. The molecule has 1 aromatic heterocycles. The molecule has 2 heterocycles. The zero-order valence-corrected chi connectivity index (χ0v) is 16.1. The Bertz CT molecular complexity index is 821. The molecule has 1 atom stereocenters. The third kappa shape index (κ3) is 5.44. The van der Waals surface area contributed by atoms with Crippen molar-refractivity contribution < 1.29 is 4.74 Å². The van der Waals surface area contributed by atoms with E-state index in [0.29, 0.717) is 13.1 Å². The zero-order valence-electron chi connectivity index (χ0n) is 16.1. The molecule has 0 aliphatic carbocycles. The summed E-state index contributed by atoms with van der Waals surface area (Å²) in [6, 6.07) is 13.5. The van der Waals surface area contributed by atoms with Crippen molar-refractivity contribution in [3.8, 4) is 0 Å². The smallest absolute Gasteiger partial charge is 0.250 e.